The summed E-state index contributed by atoms with van der Waals surface area (Å²) in [5.41, 5.74) is 3.37. The van der Waals surface area contributed by atoms with Crippen LogP contribution in [0.3, 0.4) is 0 Å². The maximum atomic E-state index is 13.7. The number of methoxy groups -OCH3 is 2. The number of urea groups is 2. The number of nitrogens with zero attached hydrogens (tertiary/aromatic N) is 7. The summed E-state index contributed by atoms with van der Waals surface area (Å²) in [7, 11) is 4.97. The van der Waals surface area contributed by atoms with Crippen molar-refractivity contribution in [1.82, 2.24) is 29.2 Å². The van der Waals surface area contributed by atoms with E-state index in [4.69, 9.17) is 9.47 Å². The normalized spacial score (nSPS) is 18.1. The third-order valence-corrected chi connectivity index (χ3v) is 9.89. The molecule has 3 aromatic rings. The number of imide groups is 1. The number of carbonyl (C=O) groups excluding carboxylic acids is 3. The van der Waals surface area contributed by atoms with Gasteiger partial charge in [0.15, 0.2) is 0 Å². The van der Waals surface area contributed by atoms with Crippen molar-refractivity contribution < 1.29 is 23.9 Å². The predicted molar refractivity (Wildman–Crippen MR) is 192 cm³/mol. The van der Waals surface area contributed by atoms with E-state index in [0.717, 1.165) is 36.9 Å². The number of anilines is 1. The molecule has 0 N–H and O–H groups in total. The molecular weight excluding hydrogens is 622 g/mol. The molecule has 49 heavy (non-hydrogen) atoms. The van der Waals surface area contributed by atoms with Gasteiger partial charge in [-0.2, -0.15) is 5.10 Å². The van der Waals surface area contributed by atoms with Gasteiger partial charge in [-0.05, 0) is 88.5 Å². The Kier molecular flexibility index (Phi) is 13.3. The Morgan fingerprint density at radius 3 is 2.33 bits per heavy atom. The van der Waals surface area contributed by atoms with Gasteiger partial charge in [0.1, 0.15) is 11.5 Å². The predicted octanol–water partition coefficient (Wildman–Crippen LogP) is 5.77. The summed E-state index contributed by atoms with van der Waals surface area (Å²) in [5.74, 6) is 1.41. The number of hydrogen-bond donors (Lipinski definition) is 0. The number of amides is 5. The topological polar surface area (TPSA) is 103 Å². The Morgan fingerprint density at radius 2 is 1.71 bits per heavy atom. The van der Waals surface area contributed by atoms with Crippen molar-refractivity contribution in [2.75, 3.05) is 65.4 Å². The number of piperidine rings is 1. The maximum absolute atomic E-state index is 13.7. The minimum Gasteiger partial charge on any atom is -0.497 e. The van der Waals surface area contributed by atoms with Gasteiger partial charge in [-0.25, -0.2) is 14.1 Å². The molecule has 2 fully saturated rings. The number of likely N-dealkylation sites (tertiary alicyclic amines) is 1. The van der Waals surface area contributed by atoms with Crippen molar-refractivity contribution in [2.24, 2.45) is 5.92 Å². The number of fused-ring (bicyclic) bond motifs is 1. The van der Waals surface area contributed by atoms with E-state index >= 15 is 0 Å². The van der Waals surface area contributed by atoms with Crippen LogP contribution >= 0.6 is 0 Å². The molecule has 268 valence electrons. The quantitative estimate of drug-likeness (QED) is 0.254. The number of ether oxygens (including phenoxy) is 2. The molecule has 0 aliphatic carbocycles. The van der Waals surface area contributed by atoms with Gasteiger partial charge in [-0.1, -0.05) is 20.8 Å². The molecule has 0 saturated carbocycles. The first-order valence-electron chi connectivity index (χ1n) is 17.6. The third kappa shape index (κ3) is 8.83. The minimum absolute atomic E-state index is 0.0953. The van der Waals surface area contributed by atoms with Crippen LogP contribution in [0.4, 0.5) is 15.3 Å². The summed E-state index contributed by atoms with van der Waals surface area (Å²) in [4.78, 5) is 48.3. The minimum atomic E-state index is -0.382. The molecule has 0 bridgehead atoms. The van der Waals surface area contributed by atoms with Crippen molar-refractivity contribution in [1.29, 1.82) is 0 Å². The average molecular weight is 678 g/mol. The molecule has 1 aromatic carbocycles. The molecule has 0 radical (unpaired) electrons. The number of rotatable bonds is 11. The zero-order chi connectivity index (χ0) is 35.7. The highest BCUT2D eigenvalue weighted by Gasteiger charge is 2.35. The molecule has 12 nitrogen and oxygen atoms in total. The van der Waals surface area contributed by atoms with Crippen LogP contribution < -0.4 is 14.4 Å². The van der Waals surface area contributed by atoms with E-state index in [1.165, 1.54) is 24.5 Å². The van der Waals surface area contributed by atoms with E-state index in [0.29, 0.717) is 35.2 Å². The summed E-state index contributed by atoms with van der Waals surface area (Å²) in [6.07, 6.45) is 6.59. The Hall–Kier alpha value is -4.32. The second-order valence-corrected chi connectivity index (χ2v) is 12.8. The molecule has 2 aliphatic rings. The second kappa shape index (κ2) is 17.4. The van der Waals surface area contributed by atoms with Gasteiger partial charge in [-0.3, -0.25) is 14.6 Å². The van der Waals surface area contributed by atoms with E-state index in [1.54, 1.807) is 46.9 Å². The van der Waals surface area contributed by atoms with Crippen LogP contribution in [0.25, 0.3) is 5.52 Å². The Balaban J connectivity index is 0.000000698. The van der Waals surface area contributed by atoms with Crippen molar-refractivity contribution in [3.63, 3.8) is 0 Å². The van der Waals surface area contributed by atoms with Gasteiger partial charge in [0.05, 0.1) is 38.2 Å². The fourth-order valence-electron chi connectivity index (χ4n) is 6.67. The highest BCUT2D eigenvalue weighted by Crippen LogP contribution is 2.32. The fourth-order valence-corrected chi connectivity index (χ4v) is 6.67. The number of carbonyl (C=O) groups is 3. The standard InChI is InChI=1S/C31H40N6O5.C6H15N/c1-6-33(3)30(39)34-12-9-22(15-21(34)2)16-23-10-14-37-26(17-23)27(19-32-37)35-13-11-29(38)36(31(35)40)20-24-7-8-25(41-4)18-28(24)42-5;1-4-7(5-2)6-3/h7-8,10,14,17-19,21-22H,6,9,11-13,15-16,20H2,1-5H3;4-6H2,1-3H3/t21-,22+;/m0./s1. The summed E-state index contributed by atoms with van der Waals surface area (Å²) >= 11 is 0. The van der Waals surface area contributed by atoms with Crippen LogP contribution in [0.1, 0.15) is 65.0 Å². The number of aromatic nitrogens is 2. The van der Waals surface area contributed by atoms with E-state index < -0.39 is 0 Å². The van der Waals surface area contributed by atoms with Crippen molar-refractivity contribution in [2.45, 2.75) is 72.9 Å². The van der Waals surface area contributed by atoms with Crippen molar-refractivity contribution in [3.05, 3.63) is 53.9 Å². The fraction of sp³-hybridized carbons (Fsp3) is 0.568. The first kappa shape index (κ1) is 37.5. The van der Waals surface area contributed by atoms with E-state index in [2.05, 4.69) is 49.8 Å². The van der Waals surface area contributed by atoms with Crippen LogP contribution in [0, 0.1) is 5.92 Å². The molecule has 2 saturated heterocycles. The molecule has 5 amide bonds. The van der Waals surface area contributed by atoms with Crippen molar-refractivity contribution in [3.8, 4) is 11.5 Å². The Labute approximate surface area is 291 Å². The Bertz CT molecular complexity index is 1570. The van der Waals surface area contributed by atoms with Gasteiger partial charge >= 0.3 is 12.1 Å². The molecule has 5 rings (SSSR count). The van der Waals surface area contributed by atoms with E-state index in [-0.39, 0.29) is 43.5 Å². The maximum Gasteiger partial charge on any atom is 0.331 e. The summed E-state index contributed by atoms with van der Waals surface area (Å²) in [6, 6.07) is 9.39. The Morgan fingerprint density at radius 1 is 0.980 bits per heavy atom. The molecule has 0 spiro atoms. The highest BCUT2D eigenvalue weighted by atomic mass is 16.5. The zero-order valence-electron chi connectivity index (χ0n) is 30.6. The van der Waals surface area contributed by atoms with Crippen LogP contribution in [0.2, 0.25) is 0 Å². The molecular formula is C37H55N7O5. The third-order valence-electron chi connectivity index (χ3n) is 9.89. The van der Waals surface area contributed by atoms with Gasteiger partial charge in [-0.15, -0.1) is 0 Å². The largest absolute Gasteiger partial charge is 0.497 e. The first-order chi connectivity index (χ1) is 23.6. The van der Waals surface area contributed by atoms with Crippen LogP contribution in [0.5, 0.6) is 11.5 Å². The van der Waals surface area contributed by atoms with E-state index in [1.807, 2.05) is 31.1 Å². The summed E-state index contributed by atoms with van der Waals surface area (Å²) < 4.78 is 12.5. The number of pyridine rings is 1. The first-order valence-corrected chi connectivity index (χ1v) is 17.6. The average Bonchev–Trinajstić information content (AvgIpc) is 3.53. The molecule has 0 unspecified atom stereocenters. The van der Waals surface area contributed by atoms with Gasteiger partial charge in [0.2, 0.25) is 5.91 Å². The van der Waals surface area contributed by atoms with Crippen molar-refractivity contribution >= 4 is 29.2 Å². The summed E-state index contributed by atoms with van der Waals surface area (Å²) in [6.45, 7) is 16.1. The SMILES string of the molecule is CCN(C)C(=O)N1CC[C@@H](Cc2ccn3ncc(N4CCC(=O)N(Cc5ccc(OC)cc5OC)C4=O)c3c2)C[C@@H]1C.CCN(CC)CC. The van der Waals surface area contributed by atoms with Gasteiger partial charge in [0.25, 0.3) is 0 Å². The smallest absolute Gasteiger partial charge is 0.331 e. The lowest BCUT2D eigenvalue weighted by Crippen LogP contribution is -2.52. The molecule has 2 aliphatic heterocycles. The number of benzene rings is 1. The summed E-state index contributed by atoms with van der Waals surface area (Å²) in [5, 5.41) is 4.49. The monoisotopic (exact) mass is 677 g/mol. The van der Waals surface area contributed by atoms with Gasteiger partial charge in [0, 0.05) is 57.0 Å². The lowest BCUT2D eigenvalue weighted by atomic mass is 9.87. The zero-order valence-corrected chi connectivity index (χ0v) is 30.6. The van der Waals surface area contributed by atoms with Crippen LogP contribution in [0.15, 0.2) is 42.7 Å². The van der Waals surface area contributed by atoms with E-state index in [9.17, 15) is 14.4 Å². The van der Waals surface area contributed by atoms with Crippen LogP contribution in [-0.2, 0) is 17.8 Å². The van der Waals surface area contributed by atoms with Crippen LogP contribution in [-0.4, -0.2) is 114 Å². The van der Waals surface area contributed by atoms with Gasteiger partial charge < -0.3 is 24.2 Å². The molecule has 2 aromatic heterocycles. The molecule has 4 heterocycles. The lowest BCUT2D eigenvalue weighted by Gasteiger charge is -2.39. The number of hydrogen-bond acceptors (Lipinski definition) is 7. The molecule has 2 atom stereocenters. The lowest BCUT2D eigenvalue weighted by molar-refractivity contribution is -0.129. The highest BCUT2D eigenvalue weighted by molar-refractivity contribution is 6.07. The second-order valence-electron chi connectivity index (χ2n) is 12.8. The molecule has 12 heteroatoms.